The fourth-order valence-corrected chi connectivity index (χ4v) is 1.43. The average molecular weight is 308 g/mol. The summed E-state index contributed by atoms with van der Waals surface area (Å²) in [5, 5.41) is 20.1. The second-order valence-electron chi connectivity index (χ2n) is 3.51. The van der Waals surface area contributed by atoms with Crippen LogP contribution in [0, 0.1) is 0 Å². The fourth-order valence-electron chi connectivity index (χ4n) is 1.14. The smallest absolute Gasteiger partial charge is 0.328 e. The standard InChI is InChI=1S/C11H11Cl2NO5/c12-7-2-1-6(3-8(7)13)19-5-10(16)14-9(4-15)11(17)18/h1-3,9,15H,4-5H2,(H,14,16)(H,17,18). The van der Waals surface area contributed by atoms with Gasteiger partial charge in [0.25, 0.3) is 5.91 Å². The Morgan fingerprint density at radius 3 is 2.53 bits per heavy atom. The maximum absolute atomic E-state index is 11.4. The van der Waals surface area contributed by atoms with Gasteiger partial charge in [0.05, 0.1) is 16.7 Å². The summed E-state index contributed by atoms with van der Waals surface area (Å²) in [6.07, 6.45) is 0. The number of amides is 1. The molecular formula is C11H11Cl2NO5. The lowest BCUT2D eigenvalue weighted by molar-refractivity contribution is -0.143. The van der Waals surface area contributed by atoms with Gasteiger partial charge in [0.1, 0.15) is 11.8 Å². The van der Waals surface area contributed by atoms with Crippen molar-refractivity contribution in [3.8, 4) is 5.75 Å². The molecule has 0 saturated carbocycles. The molecule has 1 aromatic rings. The monoisotopic (exact) mass is 307 g/mol. The van der Waals surface area contributed by atoms with Gasteiger partial charge in [0.15, 0.2) is 6.61 Å². The summed E-state index contributed by atoms with van der Waals surface area (Å²) in [6.45, 7) is -1.10. The Bertz CT molecular complexity index is 480. The fraction of sp³-hybridized carbons (Fsp3) is 0.273. The van der Waals surface area contributed by atoms with Gasteiger partial charge in [0.2, 0.25) is 0 Å². The zero-order valence-electron chi connectivity index (χ0n) is 9.60. The summed E-state index contributed by atoms with van der Waals surface area (Å²) in [5.41, 5.74) is 0. The van der Waals surface area contributed by atoms with E-state index in [1.807, 2.05) is 0 Å². The molecule has 3 N–H and O–H groups in total. The van der Waals surface area contributed by atoms with Gasteiger partial charge in [-0.25, -0.2) is 4.79 Å². The Labute approximate surface area is 118 Å². The molecule has 0 heterocycles. The first kappa shape index (κ1) is 15.6. The molecule has 0 radical (unpaired) electrons. The number of carboxylic acids is 1. The van der Waals surface area contributed by atoms with Gasteiger partial charge in [0, 0.05) is 6.07 Å². The molecule has 6 nitrogen and oxygen atoms in total. The number of hydrogen-bond donors (Lipinski definition) is 3. The van der Waals surface area contributed by atoms with Crippen LogP contribution in [0.4, 0.5) is 0 Å². The lowest BCUT2D eigenvalue weighted by Crippen LogP contribution is -2.45. The number of aliphatic hydroxyl groups excluding tert-OH is 1. The summed E-state index contributed by atoms with van der Waals surface area (Å²) < 4.78 is 5.10. The van der Waals surface area contributed by atoms with E-state index in [0.29, 0.717) is 10.8 Å². The molecule has 19 heavy (non-hydrogen) atoms. The number of carbonyl (C=O) groups is 2. The van der Waals surface area contributed by atoms with E-state index in [9.17, 15) is 9.59 Å². The number of halogens is 2. The third-order valence-electron chi connectivity index (χ3n) is 2.08. The van der Waals surface area contributed by atoms with Crippen molar-refractivity contribution < 1.29 is 24.5 Å². The van der Waals surface area contributed by atoms with E-state index in [0.717, 1.165) is 0 Å². The number of nitrogens with one attached hydrogen (secondary N) is 1. The number of ether oxygens (including phenoxy) is 1. The van der Waals surface area contributed by atoms with Crippen molar-refractivity contribution in [3.63, 3.8) is 0 Å². The average Bonchev–Trinajstić information content (AvgIpc) is 2.37. The largest absolute Gasteiger partial charge is 0.484 e. The molecule has 1 aromatic carbocycles. The molecule has 0 aliphatic heterocycles. The van der Waals surface area contributed by atoms with Crippen molar-refractivity contribution >= 4 is 35.1 Å². The van der Waals surface area contributed by atoms with Gasteiger partial charge in [-0.05, 0) is 12.1 Å². The number of rotatable bonds is 6. The second-order valence-corrected chi connectivity index (χ2v) is 4.32. The Morgan fingerprint density at radius 1 is 1.32 bits per heavy atom. The number of benzene rings is 1. The van der Waals surface area contributed by atoms with Crippen LogP contribution in [0.2, 0.25) is 10.0 Å². The third kappa shape index (κ3) is 4.94. The van der Waals surface area contributed by atoms with E-state index in [2.05, 4.69) is 5.32 Å². The highest BCUT2D eigenvalue weighted by Crippen LogP contribution is 2.26. The summed E-state index contributed by atoms with van der Waals surface area (Å²) in [7, 11) is 0. The van der Waals surface area contributed by atoms with E-state index in [4.69, 9.17) is 38.2 Å². The maximum Gasteiger partial charge on any atom is 0.328 e. The van der Waals surface area contributed by atoms with Crippen molar-refractivity contribution in [2.45, 2.75) is 6.04 Å². The molecule has 0 saturated heterocycles. The van der Waals surface area contributed by atoms with Crippen LogP contribution in [-0.2, 0) is 9.59 Å². The van der Waals surface area contributed by atoms with E-state index in [-0.39, 0.29) is 5.02 Å². The van der Waals surface area contributed by atoms with E-state index >= 15 is 0 Å². The zero-order valence-corrected chi connectivity index (χ0v) is 11.1. The van der Waals surface area contributed by atoms with Crippen molar-refractivity contribution in [1.29, 1.82) is 0 Å². The first-order chi connectivity index (χ1) is 8.93. The van der Waals surface area contributed by atoms with Crippen LogP contribution in [0.15, 0.2) is 18.2 Å². The van der Waals surface area contributed by atoms with Crippen molar-refractivity contribution in [2.75, 3.05) is 13.2 Å². The SMILES string of the molecule is O=C(COc1ccc(Cl)c(Cl)c1)NC(CO)C(=O)O. The van der Waals surface area contributed by atoms with Crippen molar-refractivity contribution in [2.24, 2.45) is 0 Å². The maximum atomic E-state index is 11.4. The highest BCUT2D eigenvalue weighted by Gasteiger charge is 2.18. The summed E-state index contributed by atoms with van der Waals surface area (Å²) in [5.74, 6) is -1.68. The minimum Gasteiger partial charge on any atom is -0.484 e. The van der Waals surface area contributed by atoms with Crippen LogP contribution in [0.1, 0.15) is 0 Å². The van der Waals surface area contributed by atoms with Gasteiger partial charge in [-0.15, -0.1) is 0 Å². The Hall–Kier alpha value is -1.50. The van der Waals surface area contributed by atoms with Crippen LogP contribution in [0.5, 0.6) is 5.75 Å². The van der Waals surface area contributed by atoms with Crippen molar-refractivity contribution in [3.05, 3.63) is 28.2 Å². The van der Waals surface area contributed by atoms with E-state index < -0.39 is 31.1 Å². The van der Waals surface area contributed by atoms with Gasteiger partial charge in [-0.3, -0.25) is 4.79 Å². The number of hydrogen-bond acceptors (Lipinski definition) is 4. The molecule has 0 aliphatic rings. The molecule has 0 spiro atoms. The summed E-state index contributed by atoms with van der Waals surface area (Å²) >= 11 is 11.5. The van der Waals surface area contributed by atoms with Crippen LogP contribution in [0.3, 0.4) is 0 Å². The molecule has 8 heteroatoms. The number of aliphatic carboxylic acids is 1. The van der Waals surface area contributed by atoms with Crippen molar-refractivity contribution in [1.82, 2.24) is 5.32 Å². The Kier molecular flexibility index (Phi) is 5.88. The molecule has 0 bridgehead atoms. The Morgan fingerprint density at radius 2 is 2.00 bits per heavy atom. The topological polar surface area (TPSA) is 95.9 Å². The second kappa shape index (κ2) is 7.18. The first-order valence-corrected chi connectivity index (χ1v) is 5.90. The first-order valence-electron chi connectivity index (χ1n) is 5.15. The Balaban J connectivity index is 2.49. The normalized spacial score (nSPS) is 11.7. The molecule has 0 aromatic heterocycles. The minimum absolute atomic E-state index is 0.276. The molecular weight excluding hydrogens is 297 g/mol. The van der Waals surface area contributed by atoms with Gasteiger partial charge >= 0.3 is 5.97 Å². The lowest BCUT2D eigenvalue weighted by Gasteiger charge is -2.12. The molecule has 104 valence electrons. The number of aliphatic hydroxyl groups is 1. The molecule has 1 unspecified atom stereocenters. The van der Waals surface area contributed by atoms with Crippen LogP contribution in [0.25, 0.3) is 0 Å². The quantitative estimate of drug-likeness (QED) is 0.726. The van der Waals surface area contributed by atoms with Gasteiger partial charge in [-0.2, -0.15) is 0 Å². The summed E-state index contributed by atoms with van der Waals surface area (Å²) in [6, 6.07) is 3.09. The molecule has 1 atom stereocenters. The minimum atomic E-state index is -1.36. The predicted octanol–water partition coefficient (Wildman–Crippen LogP) is 0.934. The predicted molar refractivity (Wildman–Crippen MR) is 68.6 cm³/mol. The van der Waals surface area contributed by atoms with Crippen LogP contribution in [-0.4, -0.2) is 41.3 Å². The van der Waals surface area contributed by atoms with E-state index in [1.54, 1.807) is 0 Å². The highest BCUT2D eigenvalue weighted by atomic mass is 35.5. The molecule has 1 rings (SSSR count). The molecule has 0 aliphatic carbocycles. The molecule has 1 amide bonds. The zero-order chi connectivity index (χ0) is 14.4. The van der Waals surface area contributed by atoms with Gasteiger partial charge < -0.3 is 20.3 Å². The third-order valence-corrected chi connectivity index (χ3v) is 2.82. The van der Waals surface area contributed by atoms with Crippen LogP contribution >= 0.6 is 23.2 Å². The van der Waals surface area contributed by atoms with E-state index in [1.165, 1.54) is 18.2 Å². The lowest BCUT2D eigenvalue weighted by atomic mass is 10.3. The van der Waals surface area contributed by atoms with Crippen LogP contribution < -0.4 is 10.1 Å². The summed E-state index contributed by atoms with van der Waals surface area (Å²) in [4.78, 5) is 21.9. The number of carboxylic acid groups (broad SMARTS) is 1. The highest BCUT2D eigenvalue weighted by molar-refractivity contribution is 6.42. The number of carbonyl (C=O) groups excluding carboxylic acids is 1. The van der Waals surface area contributed by atoms with Gasteiger partial charge in [-0.1, -0.05) is 23.2 Å². The molecule has 0 fully saturated rings.